The van der Waals surface area contributed by atoms with E-state index in [4.69, 9.17) is 16.3 Å². The van der Waals surface area contributed by atoms with E-state index in [1.165, 1.54) is 16.2 Å². The first-order valence-electron chi connectivity index (χ1n) is 10.6. The molecule has 0 bridgehead atoms. The Morgan fingerprint density at radius 3 is 2.64 bits per heavy atom. The van der Waals surface area contributed by atoms with Crippen LogP contribution in [0.15, 0.2) is 65.7 Å². The number of aliphatic hydroxyl groups is 1. The van der Waals surface area contributed by atoms with E-state index in [9.17, 15) is 14.7 Å². The standard InChI is InChI=1S/C25H23ClN2O4S/c1-15(2)10-12-32-19-5-3-4-17(14-19)21-20(22(29)16-6-8-18(26)9-7-16)23(30)24(31)28(21)25-27-11-13-33-25/h3-9,11,13-15,21,29H,10,12H2,1-2H3/b22-20+. The second kappa shape index (κ2) is 9.77. The van der Waals surface area contributed by atoms with Crippen LogP contribution in [-0.4, -0.2) is 28.4 Å². The number of anilines is 1. The number of thiazole rings is 1. The number of carbonyl (C=O) groups excluding carboxylic acids is 2. The topological polar surface area (TPSA) is 79.7 Å². The molecule has 170 valence electrons. The van der Waals surface area contributed by atoms with Crippen LogP contribution in [0.25, 0.3) is 5.76 Å². The molecular weight excluding hydrogens is 460 g/mol. The molecule has 1 amide bonds. The average Bonchev–Trinajstić information content (AvgIpc) is 3.41. The Bertz CT molecular complexity index is 1190. The first kappa shape index (κ1) is 23.0. The molecule has 1 aliphatic rings. The lowest BCUT2D eigenvalue weighted by Crippen LogP contribution is -2.29. The van der Waals surface area contributed by atoms with E-state index in [0.29, 0.717) is 39.6 Å². The average molecular weight is 483 g/mol. The van der Waals surface area contributed by atoms with Crippen molar-refractivity contribution in [3.05, 3.63) is 81.8 Å². The van der Waals surface area contributed by atoms with E-state index in [0.717, 1.165) is 6.42 Å². The van der Waals surface area contributed by atoms with E-state index < -0.39 is 17.7 Å². The van der Waals surface area contributed by atoms with Gasteiger partial charge in [-0.05, 0) is 54.3 Å². The third-order valence-electron chi connectivity index (χ3n) is 5.33. The Kier molecular flexibility index (Phi) is 6.81. The van der Waals surface area contributed by atoms with Gasteiger partial charge in [0.25, 0.3) is 5.78 Å². The lowest BCUT2D eigenvalue weighted by Gasteiger charge is -2.23. The highest BCUT2D eigenvalue weighted by molar-refractivity contribution is 7.14. The maximum Gasteiger partial charge on any atom is 0.301 e. The number of amides is 1. The second-order valence-corrected chi connectivity index (χ2v) is 9.40. The van der Waals surface area contributed by atoms with Gasteiger partial charge in [-0.2, -0.15) is 0 Å². The van der Waals surface area contributed by atoms with Crippen LogP contribution >= 0.6 is 22.9 Å². The van der Waals surface area contributed by atoms with E-state index in [2.05, 4.69) is 18.8 Å². The molecule has 1 saturated heterocycles. The molecule has 3 aromatic rings. The number of aromatic nitrogens is 1. The Morgan fingerprint density at radius 2 is 1.97 bits per heavy atom. The molecule has 4 rings (SSSR count). The van der Waals surface area contributed by atoms with Gasteiger partial charge in [-0.15, -0.1) is 11.3 Å². The van der Waals surface area contributed by atoms with E-state index >= 15 is 0 Å². The molecule has 1 fully saturated rings. The minimum Gasteiger partial charge on any atom is -0.507 e. The number of halogens is 1. The Hall–Kier alpha value is -3.16. The molecule has 0 aliphatic carbocycles. The van der Waals surface area contributed by atoms with Crippen LogP contribution in [0.1, 0.15) is 37.4 Å². The van der Waals surface area contributed by atoms with Gasteiger partial charge in [-0.1, -0.05) is 37.6 Å². The fourth-order valence-electron chi connectivity index (χ4n) is 3.63. The van der Waals surface area contributed by atoms with Gasteiger partial charge in [0.05, 0.1) is 18.2 Å². The van der Waals surface area contributed by atoms with Crippen LogP contribution in [0, 0.1) is 5.92 Å². The summed E-state index contributed by atoms with van der Waals surface area (Å²) in [5.74, 6) is -0.639. The first-order chi connectivity index (χ1) is 15.9. The zero-order chi connectivity index (χ0) is 23.5. The van der Waals surface area contributed by atoms with Gasteiger partial charge in [0.2, 0.25) is 0 Å². The van der Waals surface area contributed by atoms with E-state index in [-0.39, 0.29) is 11.3 Å². The van der Waals surface area contributed by atoms with Crippen molar-refractivity contribution in [3.63, 3.8) is 0 Å². The summed E-state index contributed by atoms with van der Waals surface area (Å²) < 4.78 is 5.90. The molecule has 1 N–H and O–H groups in total. The summed E-state index contributed by atoms with van der Waals surface area (Å²) in [5.41, 5.74) is 1.03. The first-order valence-corrected chi connectivity index (χ1v) is 11.8. The normalized spacial score (nSPS) is 17.7. The van der Waals surface area contributed by atoms with Crippen LogP contribution < -0.4 is 9.64 Å². The maximum absolute atomic E-state index is 13.1. The van der Waals surface area contributed by atoms with Crippen LogP contribution in [-0.2, 0) is 9.59 Å². The second-order valence-electron chi connectivity index (χ2n) is 8.09. The summed E-state index contributed by atoms with van der Waals surface area (Å²) in [4.78, 5) is 31.8. The van der Waals surface area contributed by atoms with Gasteiger partial charge in [0.1, 0.15) is 11.5 Å². The lowest BCUT2D eigenvalue weighted by atomic mass is 9.95. The van der Waals surface area contributed by atoms with Crippen molar-refractivity contribution in [1.82, 2.24) is 4.98 Å². The molecular formula is C25H23ClN2O4S. The molecule has 6 nitrogen and oxygen atoms in total. The molecule has 2 heterocycles. The molecule has 1 unspecified atom stereocenters. The predicted octanol–water partition coefficient (Wildman–Crippen LogP) is 5.85. The third kappa shape index (κ3) is 4.79. The quantitative estimate of drug-likeness (QED) is 0.259. The SMILES string of the molecule is CC(C)CCOc1cccc(C2/C(=C(\O)c3ccc(Cl)cc3)C(=O)C(=O)N2c2nccs2)c1. The minimum atomic E-state index is -0.847. The molecule has 0 saturated carbocycles. The summed E-state index contributed by atoms with van der Waals surface area (Å²) in [6, 6.07) is 12.9. The number of nitrogens with zero attached hydrogens (tertiary/aromatic N) is 2. The number of ether oxygens (including phenoxy) is 1. The molecule has 1 aliphatic heterocycles. The fraction of sp³-hybridized carbons (Fsp3) is 0.240. The summed E-state index contributed by atoms with van der Waals surface area (Å²) >= 11 is 7.22. The van der Waals surface area contributed by atoms with Gasteiger partial charge in [-0.3, -0.25) is 14.5 Å². The summed E-state index contributed by atoms with van der Waals surface area (Å²) in [7, 11) is 0. The van der Waals surface area contributed by atoms with Crippen molar-refractivity contribution < 1.29 is 19.4 Å². The largest absolute Gasteiger partial charge is 0.507 e. The summed E-state index contributed by atoms with van der Waals surface area (Å²) in [6.07, 6.45) is 2.47. The highest BCUT2D eigenvalue weighted by Crippen LogP contribution is 2.43. The van der Waals surface area contributed by atoms with Crippen molar-refractivity contribution in [2.45, 2.75) is 26.3 Å². The molecule has 8 heteroatoms. The number of ketones is 1. The molecule has 33 heavy (non-hydrogen) atoms. The zero-order valence-corrected chi connectivity index (χ0v) is 19.8. The third-order valence-corrected chi connectivity index (χ3v) is 6.35. The number of hydrogen-bond acceptors (Lipinski definition) is 6. The number of rotatable bonds is 7. The van der Waals surface area contributed by atoms with Crippen LogP contribution in [0.3, 0.4) is 0 Å². The van der Waals surface area contributed by atoms with Crippen molar-refractivity contribution >= 4 is 45.5 Å². The summed E-state index contributed by atoms with van der Waals surface area (Å²) in [6.45, 7) is 4.80. The van der Waals surface area contributed by atoms with Crippen molar-refractivity contribution in [1.29, 1.82) is 0 Å². The number of aliphatic hydroxyl groups excluding tert-OH is 1. The fourth-order valence-corrected chi connectivity index (χ4v) is 4.42. The molecule has 1 atom stereocenters. The van der Waals surface area contributed by atoms with Gasteiger partial charge in [0, 0.05) is 22.2 Å². The monoisotopic (exact) mass is 482 g/mol. The highest BCUT2D eigenvalue weighted by atomic mass is 35.5. The Labute approximate surface area is 201 Å². The highest BCUT2D eigenvalue weighted by Gasteiger charge is 2.48. The molecule has 0 spiro atoms. The van der Waals surface area contributed by atoms with E-state index in [1.807, 2.05) is 18.2 Å². The van der Waals surface area contributed by atoms with Crippen molar-refractivity contribution in [2.75, 3.05) is 11.5 Å². The van der Waals surface area contributed by atoms with Gasteiger partial charge in [0.15, 0.2) is 5.13 Å². The number of carbonyl (C=O) groups is 2. The van der Waals surface area contributed by atoms with Crippen LogP contribution in [0.5, 0.6) is 5.75 Å². The Morgan fingerprint density at radius 1 is 1.21 bits per heavy atom. The van der Waals surface area contributed by atoms with E-state index in [1.54, 1.807) is 41.9 Å². The molecule has 2 aromatic carbocycles. The predicted molar refractivity (Wildman–Crippen MR) is 130 cm³/mol. The van der Waals surface area contributed by atoms with Crippen molar-refractivity contribution in [2.24, 2.45) is 5.92 Å². The maximum atomic E-state index is 13.1. The molecule has 1 aromatic heterocycles. The van der Waals surface area contributed by atoms with Gasteiger partial charge in [-0.25, -0.2) is 4.98 Å². The van der Waals surface area contributed by atoms with Crippen molar-refractivity contribution in [3.8, 4) is 5.75 Å². The number of hydrogen-bond donors (Lipinski definition) is 1. The van der Waals surface area contributed by atoms with Crippen LogP contribution in [0.4, 0.5) is 5.13 Å². The number of benzene rings is 2. The van der Waals surface area contributed by atoms with Gasteiger partial charge < -0.3 is 9.84 Å². The zero-order valence-electron chi connectivity index (χ0n) is 18.2. The lowest BCUT2D eigenvalue weighted by molar-refractivity contribution is -0.132. The Balaban J connectivity index is 1.81. The minimum absolute atomic E-state index is 0.00291. The molecule has 0 radical (unpaired) electrons. The number of Topliss-reactive ketones (excluding diaryl/α,β-unsaturated/α-hetero) is 1. The van der Waals surface area contributed by atoms with Gasteiger partial charge >= 0.3 is 5.91 Å². The smallest absolute Gasteiger partial charge is 0.301 e. The summed E-state index contributed by atoms with van der Waals surface area (Å²) in [5, 5.41) is 13.7. The van der Waals surface area contributed by atoms with Crippen LogP contribution in [0.2, 0.25) is 5.02 Å².